The quantitative estimate of drug-likeness (QED) is 0.613. The van der Waals surface area contributed by atoms with E-state index >= 15 is 0 Å². The molecule has 160 valence electrons. The number of methoxy groups -OCH3 is 1. The average Bonchev–Trinajstić information content (AvgIpc) is 2.75. The van der Waals surface area contributed by atoms with E-state index in [1.54, 1.807) is 12.0 Å². The summed E-state index contributed by atoms with van der Waals surface area (Å²) >= 11 is 0. The number of fused-ring (bicyclic) bond motifs is 1. The predicted octanol–water partition coefficient (Wildman–Crippen LogP) is 4.68. The number of hydrogen-bond donors (Lipinski definition) is 0. The van der Waals surface area contributed by atoms with Crippen LogP contribution in [-0.4, -0.2) is 44.2 Å². The van der Waals surface area contributed by atoms with Crippen molar-refractivity contribution < 1.29 is 22.7 Å². The number of hydrogen-bond acceptors (Lipinski definition) is 3. The van der Waals surface area contributed by atoms with E-state index in [9.17, 15) is 18.0 Å². The molecule has 7 heteroatoms. The van der Waals surface area contributed by atoms with E-state index in [2.05, 4.69) is 6.58 Å². The van der Waals surface area contributed by atoms with Crippen molar-refractivity contribution in [3.8, 4) is 0 Å². The van der Waals surface area contributed by atoms with E-state index in [4.69, 9.17) is 4.74 Å². The minimum absolute atomic E-state index is 0.114. The summed E-state index contributed by atoms with van der Waals surface area (Å²) in [5.74, 6) is -0.0464. The molecule has 4 nitrogen and oxygen atoms in total. The van der Waals surface area contributed by atoms with Gasteiger partial charge in [0.15, 0.2) is 0 Å². The van der Waals surface area contributed by atoms with Crippen molar-refractivity contribution in [3.05, 3.63) is 72.3 Å². The Morgan fingerprint density at radius 2 is 1.93 bits per heavy atom. The van der Waals surface area contributed by atoms with E-state index in [-0.39, 0.29) is 11.8 Å². The number of ether oxygens (including phenoxy) is 1. The molecule has 0 saturated carbocycles. The predicted molar refractivity (Wildman–Crippen MR) is 111 cm³/mol. The maximum Gasteiger partial charge on any atom is 0.416 e. The standard InChI is InChI=1S/C23H25F3N2O2/c1-3-22(29)27(12-13-30-2)15-17-14-18-6-4-5-7-21(18)28(16-17)20-10-8-19(9-11-20)23(24,25)26/h3-11,17H,1,12-16H2,2H3. The molecule has 1 heterocycles. The van der Waals surface area contributed by atoms with Crippen LogP contribution in [-0.2, 0) is 22.1 Å². The summed E-state index contributed by atoms with van der Waals surface area (Å²) in [7, 11) is 1.58. The van der Waals surface area contributed by atoms with Crippen LogP contribution in [0.25, 0.3) is 0 Å². The number of carbonyl (C=O) groups is 1. The molecule has 2 aromatic carbocycles. The maximum absolute atomic E-state index is 12.9. The number of rotatable bonds is 7. The second kappa shape index (κ2) is 9.34. The lowest BCUT2D eigenvalue weighted by Gasteiger charge is -2.38. The summed E-state index contributed by atoms with van der Waals surface area (Å²) in [6.45, 7) is 5.56. The molecule has 1 aliphatic rings. The molecule has 0 N–H and O–H groups in total. The van der Waals surface area contributed by atoms with Crippen LogP contribution in [0, 0.1) is 5.92 Å². The van der Waals surface area contributed by atoms with Gasteiger partial charge >= 0.3 is 6.18 Å². The third-order valence-electron chi connectivity index (χ3n) is 5.27. The molecule has 0 aromatic heterocycles. The van der Waals surface area contributed by atoms with Crippen LogP contribution >= 0.6 is 0 Å². The summed E-state index contributed by atoms with van der Waals surface area (Å²) < 4.78 is 44.0. The molecule has 0 spiro atoms. The summed E-state index contributed by atoms with van der Waals surface area (Å²) in [5.41, 5.74) is 2.10. The zero-order valence-electron chi connectivity index (χ0n) is 16.9. The van der Waals surface area contributed by atoms with Gasteiger partial charge in [0, 0.05) is 38.1 Å². The normalized spacial score (nSPS) is 16.1. The number of nitrogens with zero attached hydrogens (tertiary/aromatic N) is 2. The van der Waals surface area contributed by atoms with Crippen LogP contribution in [0.3, 0.4) is 0 Å². The minimum Gasteiger partial charge on any atom is -0.383 e. The smallest absolute Gasteiger partial charge is 0.383 e. The van der Waals surface area contributed by atoms with Gasteiger partial charge in [0.1, 0.15) is 0 Å². The van der Waals surface area contributed by atoms with Gasteiger partial charge in [-0.2, -0.15) is 13.2 Å². The van der Waals surface area contributed by atoms with Gasteiger partial charge in [0.25, 0.3) is 0 Å². The van der Waals surface area contributed by atoms with E-state index in [1.165, 1.54) is 18.2 Å². The lowest BCUT2D eigenvalue weighted by Crippen LogP contribution is -2.42. The third kappa shape index (κ3) is 5.02. The zero-order chi connectivity index (χ0) is 21.7. The van der Waals surface area contributed by atoms with Crippen molar-refractivity contribution in [2.75, 3.05) is 38.3 Å². The monoisotopic (exact) mass is 418 g/mol. The highest BCUT2D eigenvalue weighted by Gasteiger charge is 2.31. The Balaban J connectivity index is 1.86. The van der Waals surface area contributed by atoms with Gasteiger partial charge in [-0.3, -0.25) is 4.79 Å². The number of alkyl halides is 3. The highest BCUT2D eigenvalue weighted by molar-refractivity contribution is 5.87. The van der Waals surface area contributed by atoms with Crippen molar-refractivity contribution in [1.82, 2.24) is 4.90 Å². The first kappa shape index (κ1) is 21.9. The molecule has 0 aliphatic carbocycles. The Kier molecular flexibility index (Phi) is 6.82. The molecule has 2 aromatic rings. The minimum atomic E-state index is -4.37. The van der Waals surface area contributed by atoms with Crippen molar-refractivity contribution in [3.63, 3.8) is 0 Å². The molecule has 1 amide bonds. The van der Waals surface area contributed by atoms with Gasteiger partial charge in [-0.15, -0.1) is 0 Å². The van der Waals surface area contributed by atoms with Crippen LogP contribution in [0.15, 0.2) is 61.2 Å². The first-order chi connectivity index (χ1) is 14.3. The highest BCUT2D eigenvalue weighted by Crippen LogP contribution is 2.37. The van der Waals surface area contributed by atoms with Crippen molar-refractivity contribution in [2.45, 2.75) is 12.6 Å². The molecule has 30 heavy (non-hydrogen) atoms. The Morgan fingerprint density at radius 1 is 1.23 bits per heavy atom. The van der Waals surface area contributed by atoms with Gasteiger partial charge in [-0.1, -0.05) is 24.8 Å². The highest BCUT2D eigenvalue weighted by atomic mass is 19.4. The Labute approximate surface area is 174 Å². The van der Waals surface area contributed by atoms with Crippen LogP contribution in [0.1, 0.15) is 11.1 Å². The van der Waals surface area contributed by atoms with Crippen LogP contribution < -0.4 is 4.90 Å². The van der Waals surface area contributed by atoms with Crippen molar-refractivity contribution in [1.29, 1.82) is 0 Å². The molecule has 0 fully saturated rings. The number of halogens is 3. The van der Waals surface area contributed by atoms with Crippen molar-refractivity contribution in [2.24, 2.45) is 5.92 Å². The second-order valence-corrected chi connectivity index (χ2v) is 7.34. The molecule has 0 radical (unpaired) electrons. The SMILES string of the molecule is C=CC(=O)N(CCOC)CC1Cc2ccccc2N(c2ccc(C(F)(F)F)cc2)C1. The number of para-hydroxylation sites is 1. The van der Waals surface area contributed by atoms with Crippen molar-refractivity contribution >= 4 is 17.3 Å². The van der Waals surface area contributed by atoms with Gasteiger partial charge < -0.3 is 14.5 Å². The zero-order valence-corrected chi connectivity index (χ0v) is 16.9. The fourth-order valence-electron chi connectivity index (χ4n) is 3.81. The molecule has 0 saturated heterocycles. The first-order valence-electron chi connectivity index (χ1n) is 9.76. The largest absolute Gasteiger partial charge is 0.416 e. The molecule has 1 atom stereocenters. The Hall–Kier alpha value is -2.80. The fourth-order valence-corrected chi connectivity index (χ4v) is 3.81. The number of benzene rings is 2. The molecular formula is C23H25F3N2O2. The topological polar surface area (TPSA) is 32.8 Å². The molecule has 1 aliphatic heterocycles. The fraction of sp³-hybridized carbons (Fsp3) is 0.348. The van der Waals surface area contributed by atoms with E-state index < -0.39 is 11.7 Å². The molecule has 0 bridgehead atoms. The van der Waals surface area contributed by atoms with Gasteiger partial charge in [0.05, 0.1) is 12.2 Å². The number of amides is 1. The van der Waals surface area contributed by atoms with Crippen LogP contribution in [0.2, 0.25) is 0 Å². The summed E-state index contributed by atoms with van der Waals surface area (Å²) in [6, 6.07) is 13.1. The Morgan fingerprint density at radius 3 is 2.57 bits per heavy atom. The third-order valence-corrected chi connectivity index (χ3v) is 5.27. The van der Waals surface area contributed by atoms with E-state index in [1.807, 2.05) is 29.2 Å². The van der Waals surface area contributed by atoms with Crippen LogP contribution in [0.4, 0.5) is 24.5 Å². The van der Waals surface area contributed by atoms with E-state index in [0.717, 1.165) is 29.8 Å². The lowest BCUT2D eigenvalue weighted by molar-refractivity contribution is -0.137. The summed E-state index contributed by atoms with van der Waals surface area (Å²) in [4.78, 5) is 16.0. The van der Waals surface area contributed by atoms with Crippen LogP contribution in [0.5, 0.6) is 0 Å². The maximum atomic E-state index is 12.9. The van der Waals surface area contributed by atoms with Gasteiger partial charge in [-0.25, -0.2) is 0 Å². The Bertz CT molecular complexity index is 881. The first-order valence-corrected chi connectivity index (χ1v) is 9.76. The summed E-state index contributed by atoms with van der Waals surface area (Å²) in [5, 5.41) is 0. The molecular weight excluding hydrogens is 393 g/mol. The van der Waals surface area contributed by atoms with Gasteiger partial charge in [-0.05, 0) is 54.3 Å². The lowest BCUT2D eigenvalue weighted by atomic mass is 9.91. The van der Waals surface area contributed by atoms with E-state index in [0.29, 0.717) is 31.9 Å². The molecule has 3 rings (SSSR count). The van der Waals surface area contributed by atoms with Gasteiger partial charge in [0.2, 0.25) is 5.91 Å². The second-order valence-electron chi connectivity index (χ2n) is 7.34. The number of carbonyl (C=O) groups excluding carboxylic acids is 1. The number of anilines is 2. The average molecular weight is 418 g/mol. The summed E-state index contributed by atoms with van der Waals surface area (Å²) in [6.07, 6.45) is -2.30. The molecule has 1 unspecified atom stereocenters.